The van der Waals surface area contributed by atoms with Gasteiger partial charge in [0, 0.05) is 6.10 Å². The molecule has 29 heavy (non-hydrogen) atoms. The van der Waals surface area contributed by atoms with Gasteiger partial charge in [-0.1, -0.05) is 52.8 Å². The van der Waals surface area contributed by atoms with Gasteiger partial charge in [0.2, 0.25) is 0 Å². The summed E-state index contributed by atoms with van der Waals surface area (Å²) in [6.07, 6.45) is 11.0. The molecule has 164 valence electrons. The zero-order valence-corrected chi connectivity index (χ0v) is 21.0. The van der Waals surface area contributed by atoms with Gasteiger partial charge in [-0.15, -0.1) is 0 Å². The first kappa shape index (κ1) is 21.8. The average Bonchev–Trinajstić information content (AvgIpc) is 2.84. The van der Waals surface area contributed by atoms with Crippen molar-refractivity contribution >= 4 is 8.32 Å². The third-order valence-electron chi connectivity index (χ3n) is 10.3. The maximum absolute atomic E-state index is 10.6. The highest BCUT2D eigenvalue weighted by atomic mass is 28.4. The van der Waals surface area contributed by atoms with Gasteiger partial charge in [-0.25, -0.2) is 0 Å². The van der Waals surface area contributed by atoms with Crippen LogP contribution in [0, 0.1) is 28.6 Å². The summed E-state index contributed by atoms with van der Waals surface area (Å²) >= 11 is 0. The molecule has 0 unspecified atom stereocenters. The predicted molar refractivity (Wildman–Crippen MR) is 124 cm³/mol. The Hall–Kier alpha value is -0.383. The number of fused-ring (bicyclic) bond motifs is 5. The van der Waals surface area contributed by atoms with Crippen LogP contribution in [-0.4, -0.2) is 25.6 Å². The topological polar surface area (TPSA) is 29.5 Å². The SMILES string of the molecule is C=C1[C@H](O)C[C@H]2[C@@H]3CC=C4C[C@@H](O[Si](C)(C)C(C)(C)C)CC[C@]4(C)[C@H]3CC[C@]12C. The minimum absolute atomic E-state index is 0.158. The fourth-order valence-corrected chi connectivity index (χ4v) is 8.63. The van der Waals surface area contributed by atoms with Gasteiger partial charge in [0.15, 0.2) is 8.32 Å². The van der Waals surface area contributed by atoms with Gasteiger partial charge in [0.1, 0.15) is 0 Å². The molecule has 4 aliphatic rings. The van der Waals surface area contributed by atoms with Gasteiger partial charge in [-0.05, 0) is 97.2 Å². The van der Waals surface area contributed by atoms with Crippen LogP contribution in [0.4, 0.5) is 0 Å². The van der Waals surface area contributed by atoms with Gasteiger partial charge in [0.05, 0.1) is 6.10 Å². The summed E-state index contributed by atoms with van der Waals surface area (Å²) in [7, 11) is -1.72. The molecule has 0 bridgehead atoms. The Bertz CT molecular complexity index is 717. The quantitative estimate of drug-likeness (QED) is 0.393. The van der Waals surface area contributed by atoms with Crippen molar-refractivity contribution in [3.05, 3.63) is 23.8 Å². The largest absolute Gasteiger partial charge is 0.414 e. The van der Waals surface area contributed by atoms with E-state index in [0.29, 0.717) is 23.4 Å². The van der Waals surface area contributed by atoms with Gasteiger partial charge >= 0.3 is 0 Å². The second-order valence-corrected chi connectivity index (χ2v) is 17.5. The molecule has 2 nitrogen and oxygen atoms in total. The third kappa shape index (κ3) is 3.26. The van der Waals surface area contributed by atoms with E-state index in [9.17, 15) is 5.11 Å². The van der Waals surface area contributed by atoms with Crippen LogP contribution in [0.5, 0.6) is 0 Å². The van der Waals surface area contributed by atoms with Gasteiger partial charge in [-0.3, -0.25) is 0 Å². The predicted octanol–water partition coefficient (Wildman–Crippen LogP) is 6.87. The molecule has 1 N–H and O–H groups in total. The van der Waals surface area contributed by atoms with Crippen LogP contribution in [0.3, 0.4) is 0 Å². The third-order valence-corrected chi connectivity index (χ3v) is 14.9. The summed E-state index contributed by atoms with van der Waals surface area (Å²) in [6, 6.07) is 0. The fourth-order valence-electron chi connectivity index (χ4n) is 7.24. The standard InChI is InChI=1S/C26H44O2Si/c1-17-23(27)16-22-20-10-9-18-15-19(28-29(7,8)24(2,3)4)11-13-26(18,6)21(20)12-14-25(17,22)5/h9,19-23,27H,1,10-16H2,2-8H3/t19-,20+,21-,22-,23+,25+,26-/m0/s1. The summed E-state index contributed by atoms with van der Waals surface area (Å²) in [5.41, 5.74) is 3.30. The smallest absolute Gasteiger partial charge is 0.192 e. The lowest BCUT2D eigenvalue weighted by molar-refractivity contribution is -0.0263. The fraction of sp³-hybridized carbons (Fsp3) is 0.846. The van der Waals surface area contributed by atoms with E-state index in [1.807, 2.05) is 0 Å². The van der Waals surface area contributed by atoms with Crippen molar-refractivity contribution in [2.24, 2.45) is 28.6 Å². The monoisotopic (exact) mass is 416 g/mol. The average molecular weight is 417 g/mol. The Kier molecular flexibility index (Phi) is 5.12. The number of allylic oxidation sites excluding steroid dienone is 1. The lowest BCUT2D eigenvalue weighted by atomic mass is 9.48. The van der Waals surface area contributed by atoms with Gasteiger partial charge < -0.3 is 9.53 Å². The van der Waals surface area contributed by atoms with E-state index in [2.05, 4.69) is 60.4 Å². The second-order valence-electron chi connectivity index (χ2n) is 12.7. The zero-order chi connectivity index (χ0) is 21.4. The lowest BCUT2D eigenvalue weighted by Crippen LogP contribution is -2.51. The molecule has 0 aromatic heterocycles. The summed E-state index contributed by atoms with van der Waals surface area (Å²) in [5.74, 6) is 2.10. The van der Waals surface area contributed by atoms with E-state index in [4.69, 9.17) is 4.43 Å². The van der Waals surface area contributed by atoms with E-state index < -0.39 is 8.32 Å². The first-order valence-electron chi connectivity index (χ1n) is 12.0. The first-order chi connectivity index (χ1) is 13.3. The van der Waals surface area contributed by atoms with Crippen molar-refractivity contribution in [2.75, 3.05) is 0 Å². The van der Waals surface area contributed by atoms with Crippen molar-refractivity contribution in [3.8, 4) is 0 Å². The molecule has 4 aliphatic carbocycles. The maximum Gasteiger partial charge on any atom is 0.192 e. The van der Waals surface area contributed by atoms with Crippen LogP contribution in [0.15, 0.2) is 23.8 Å². The Morgan fingerprint density at radius 2 is 1.76 bits per heavy atom. The zero-order valence-electron chi connectivity index (χ0n) is 20.0. The molecule has 4 rings (SSSR count). The maximum atomic E-state index is 10.6. The van der Waals surface area contributed by atoms with Crippen LogP contribution in [0.25, 0.3) is 0 Å². The molecule has 3 saturated carbocycles. The van der Waals surface area contributed by atoms with E-state index in [1.165, 1.54) is 32.1 Å². The van der Waals surface area contributed by atoms with E-state index in [-0.39, 0.29) is 16.6 Å². The molecule has 3 fully saturated rings. The van der Waals surface area contributed by atoms with Crippen molar-refractivity contribution in [1.29, 1.82) is 0 Å². The Morgan fingerprint density at radius 3 is 2.41 bits per heavy atom. The molecule has 3 heteroatoms. The minimum Gasteiger partial charge on any atom is -0.414 e. The molecule has 0 aromatic carbocycles. The van der Waals surface area contributed by atoms with Crippen LogP contribution < -0.4 is 0 Å². The minimum atomic E-state index is -1.72. The molecule has 0 saturated heterocycles. The van der Waals surface area contributed by atoms with E-state index in [0.717, 1.165) is 24.3 Å². The highest BCUT2D eigenvalue weighted by molar-refractivity contribution is 6.74. The Balaban J connectivity index is 1.54. The first-order valence-corrected chi connectivity index (χ1v) is 14.9. The van der Waals surface area contributed by atoms with E-state index >= 15 is 0 Å². The van der Waals surface area contributed by atoms with E-state index in [1.54, 1.807) is 5.57 Å². The molecule has 0 amide bonds. The number of aliphatic hydroxyl groups excluding tert-OH is 1. The molecule has 0 radical (unpaired) electrons. The molecule has 0 heterocycles. The Morgan fingerprint density at radius 1 is 1.10 bits per heavy atom. The molecular formula is C26H44O2Si. The van der Waals surface area contributed by atoms with Crippen molar-refractivity contribution in [1.82, 2.24) is 0 Å². The molecular weight excluding hydrogens is 372 g/mol. The summed E-state index contributed by atoms with van der Waals surface area (Å²) in [5, 5.41) is 10.8. The number of aliphatic hydroxyl groups is 1. The Labute approximate surface area is 180 Å². The number of rotatable bonds is 2. The van der Waals surface area contributed by atoms with Crippen LogP contribution in [0.1, 0.15) is 79.6 Å². The van der Waals surface area contributed by atoms with Crippen molar-refractivity contribution in [2.45, 2.75) is 110 Å². The summed E-state index contributed by atoms with van der Waals surface area (Å²) in [6.45, 7) is 21.1. The van der Waals surface area contributed by atoms with Crippen molar-refractivity contribution < 1.29 is 9.53 Å². The summed E-state index contributed by atoms with van der Waals surface area (Å²) < 4.78 is 6.84. The van der Waals surface area contributed by atoms with Crippen LogP contribution in [-0.2, 0) is 4.43 Å². The molecule has 7 atom stereocenters. The van der Waals surface area contributed by atoms with Crippen LogP contribution >= 0.6 is 0 Å². The van der Waals surface area contributed by atoms with Crippen molar-refractivity contribution in [3.63, 3.8) is 0 Å². The molecule has 0 aliphatic heterocycles. The number of hydrogen-bond donors (Lipinski definition) is 1. The molecule has 0 aromatic rings. The van der Waals surface area contributed by atoms with Crippen LogP contribution in [0.2, 0.25) is 18.1 Å². The molecule has 0 spiro atoms. The highest BCUT2D eigenvalue weighted by Crippen LogP contribution is 2.66. The normalized spacial score (nSPS) is 45.3. The van der Waals surface area contributed by atoms with Gasteiger partial charge in [-0.2, -0.15) is 0 Å². The highest BCUT2D eigenvalue weighted by Gasteiger charge is 2.59. The van der Waals surface area contributed by atoms with Gasteiger partial charge in [0.25, 0.3) is 0 Å². The second kappa shape index (κ2) is 6.81. The number of hydrogen-bond acceptors (Lipinski definition) is 2. The summed E-state index contributed by atoms with van der Waals surface area (Å²) in [4.78, 5) is 0. The lowest BCUT2D eigenvalue weighted by Gasteiger charge is -2.57.